The number of aryl methyl sites for hydroxylation is 1. The number of hydrogen-bond donors (Lipinski definition) is 1. The first-order chi connectivity index (χ1) is 8.20. The summed E-state index contributed by atoms with van der Waals surface area (Å²) >= 11 is 0. The smallest absolute Gasteiger partial charge is 0.0994 e. The third-order valence-electron chi connectivity index (χ3n) is 2.97. The van der Waals surface area contributed by atoms with Crippen LogP contribution < -0.4 is 5.73 Å². The van der Waals surface area contributed by atoms with E-state index in [0.29, 0.717) is 0 Å². The average molecular weight is 230 g/mol. The summed E-state index contributed by atoms with van der Waals surface area (Å²) in [6.45, 7) is 4.89. The van der Waals surface area contributed by atoms with Gasteiger partial charge in [-0.15, -0.1) is 5.10 Å². The van der Waals surface area contributed by atoms with E-state index in [-0.39, 0.29) is 6.04 Å². The predicted molar refractivity (Wildman–Crippen MR) is 67.5 cm³/mol. The van der Waals surface area contributed by atoms with Gasteiger partial charge in [0.2, 0.25) is 0 Å². The predicted octanol–water partition coefficient (Wildman–Crippen LogP) is 2.04. The fourth-order valence-electron chi connectivity index (χ4n) is 1.73. The van der Waals surface area contributed by atoms with Crippen molar-refractivity contribution in [1.82, 2.24) is 15.0 Å². The van der Waals surface area contributed by atoms with Crippen LogP contribution >= 0.6 is 0 Å². The van der Waals surface area contributed by atoms with Crippen LogP contribution in [0.15, 0.2) is 30.5 Å². The molecule has 0 saturated carbocycles. The van der Waals surface area contributed by atoms with Gasteiger partial charge in [0.1, 0.15) is 0 Å². The second kappa shape index (κ2) is 5.10. The normalized spacial score (nSPS) is 12.6. The zero-order valence-corrected chi connectivity index (χ0v) is 10.3. The minimum atomic E-state index is -0.0133. The second-order valence-corrected chi connectivity index (χ2v) is 4.28. The third kappa shape index (κ3) is 2.71. The number of nitrogens with two attached hydrogens (primary N) is 1. The minimum absolute atomic E-state index is 0.0133. The summed E-state index contributed by atoms with van der Waals surface area (Å²) in [5.41, 5.74) is 9.30. The number of hydrogen-bond acceptors (Lipinski definition) is 3. The van der Waals surface area contributed by atoms with Crippen LogP contribution in [-0.4, -0.2) is 15.0 Å². The van der Waals surface area contributed by atoms with Crippen molar-refractivity contribution in [3.05, 3.63) is 47.3 Å². The van der Waals surface area contributed by atoms with Crippen molar-refractivity contribution in [2.24, 2.45) is 5.73 Å². The summed E-state index contributed by atoms with van der Waals surface area (Å²) in [6.07, 6.45) is 2.81. The maximum Gasteiger partial charge on any atom is 0.0994 e. The molecule has 2 aromatic rings. The third-order valence-corrected chi connectivity index (χ3v) is 2.97. The molecular weight excluding hydrogens is 212 g/mol. The molecule has 2 rings (SSSR count). The Hall–Kier alpha value is -1.68. The molecule has 0 aliphatic rings. The van der Waals surface area contributed by atoms with E-state index >= 15 is 0 Å². The summed E-state index contributed by atoms with van der Waals surface area (Å²) in [4.78, 5) is 0. The summed E-state index contributed by atoms with van der Waals surface area (Å²) in [5.74, 6) is 0. The van der Waals surface area contributed by atoms with E-state index in [4.69, 9.17) is 5.73 Å². The molecule has 0 saturated heterocycles. The van der Waals surface area contributed by atoms with Gasteiger partial charge in [-0.1, -0.05) is 36.4 Å². The molecule has 2 N–H and O–H groups in total. The molecule has 4 heteroatoms. The number of aromatic nitrogens is 3. The molecule has 4 nitrogen and oxygen atoms in total. The van der Waals surface area contributed by atoms with Crippen molar-refractivity contribution >= 4 is 0 Å². The van der Waals surface area contributed by atoms with Gasteiger partial charge in [0.15, 0.2) is 0 Å². The van der Waals surface area contributed by atoms with Crippen LogP contribution in [0.4, 0.5) is 0 Å². The summed E-state index contributed by atoms with van der Waals surface area (Å²) in [7, 11) is 0. The van der Waals surface area contributed by atoms with Gasteiger partial charge in [-0.2, -0.15) is 0 Å². The van der Waals surface area contributed by atoms with Gasteiger partial charge < -0.3 is 5.73 Å². The Morgan fingerprint density at radius 1 is 1.35 bits per heavy atom. The fraction of sp³-hybridized carbons (Fsp3) is 0.385. The first-order valence-electron chi connectivity index (χ1n) is 5.90. The van der Waals surface area contributed by atoms with Gasteiger partial charge in [-0.3, -0.25) is 0 Å². The fourth-order valence-corrected chi connectivity index (χ4v) is 1.73. The molecule has 1 unspecified atom stereocenters. The summed E-state index contributed by atoms with van der Waals surface area (Å²) in [6, 6.07) is 8.28. The highest BCUT2D eigenvalue weighted by Crippen LogP contribution is 2.12. The zero-order valence-electron chi connectivity index (χ0n) is 10.3. The summed E-state index contributed by atoms with van der Waals surface area (Å²) < 4.78 is 1.84. The quantitative estimate of drug-likeness (QED) is 0.874. The van der Waals surface area contributed by atoms with Crippen molar-refractivity contribution in [2.75, 3.05) is 0 Å². The highest BCUT2D eigenvalue weighted by Gasteiger charge is 2.08. The molecule has 0 bridgehead atoms. The van der Waals surface area contributed by atoms with Crippen molar-refractivity contribution in [1.29, 1.82) is 0 Å². The minimum Gasteiger partial charge on any atom is -0.323 e. The van der Waals surface area contributed by atoms with Crippen molar-refractivity contribution in [2.45, 2.75) is 32.9 Å². The van der Waals surface area contributed by atoms with E-state index < -0.39 is 0 Å². The first kappa shape index (κ1) is 11.8. The van der Waals surface area contributed by atoms with E-state index in [0.717, 1.165) is 18.7 Å². The van der Waals surface area contributed by atoms with Crippen molar-refractivity contribution in [3.8, 4) is 0 Å². The Balaban J connectivity index is 2.14. The Labute approximate surface area is 101 Å². The largest absolute Gasteiger partial charge is 0.323 e. The van der Waals surface area contributed by atoms with E-state index in [1.54, 1.807) is 0 Å². The molecule has 1 heterocycles. The highest BCUT2D eigenvalue weighted by atomic mass is 15.4. The molecule has 17 heavy (non-hydrogen) atoms. The van der Waals surface area contributed by atoms with Crippen LogP contribution in [0.3, 0.4) is 0 Å². The number of rotatable bonds is 4. The molecule has 1 aromatic heterocycles. The molecule has 0 aliphatic carbocycles. The second-order valence-electron chi connectivity index (χ2n) is 4.28. The molecule has 0 aliphatic heterocycles. The Morgan fingerprint density at radius 3 is 2.82 bits per heavy atom. The van der Waals surface area contributed by atoms with Crippen molar-refractivity contribution < 1.29 is 0 Å². The lowest BCUT2D eigenvalue weighted by Gasteiger charge is -2.05. The van der Waals surface area contributed by atoms with Crippen LogP contribution in [0.25, 0.3) is 0 Å². The van der Waals surface area contributed by atoms with Crippen LogP contribution in [-0.2, 0) is 6.54 Å². The van der Waals surface area contributed by atoms with Crippen LogP contribution in [0.2, 0.25) is 0 Å². The molecular formula is C13H18N4. The van der Waals surface area contributed by atoms with Gasteiger partial charge in [0.25, 0.3) is 0 Å². The Bertz CT molecular complexity index is 490. The standard InChI is InChI=1S/C13H18N4/c1-3-12(14)13-9-17(16-15-13)8-11-7-5-4-6-10(11)2/h4-7,9,12H,3,8,14H2,1-2H3. The van der Waals surface area contributed by atoms with Gasteiger partial charge >= 0.3 is 0 Å². The van der Waals surface area contributed by atoms with Gasteiger partial charge in [0.05, 0.1) is 24.5 Å². The molecule has 90 valence electrons. The molecule has 0 spiro atoms. The lowest BCUT2D eigenvalue weighted by molar-refractivity contribution is 0.642. The monoisotopic (exact) mass is 230 g/mol. The SMILES string of the molecule is CCC(N)c1cn(Cc2ccccc2C)nn1. The van der Waals surface area contributed by atoms with E-state index in [1.807, 2.05) is 29.9 Å². The van der Waals surface area contributed by atoms with Crippen molar-refractivity contribution in [3.63, 3.8) is 0 Å². The lowest BCUT2D eigenvalue weighted by atomic mass is 10.1. The van der Waals surface area contributed by atoms with Gasteiger partial charge in [-0.25, -0.2) is 4.68 Å². The van der Waals surface area contributed by atoms with E-state index in [2.05, 4.69) is 29.4 Å². The Kier molecular flexibility index (Phi) is 3.54. The molecule has 1 aromatic carbocycles. The Morgan fingerprint density at radius 2 is 2.12 bits per heavy atom. The zero-order chi connectivity index (χ0) is 12.3. The number of benzene rings is 1. The molecule has 0 fully saturated rings. The topological polar surface area (TPSA) is 56.7 Å². The maximum absolute atomic E-state index is 5.92. The number of nitrogens with zero attached hydrogens (tertiary/aromatic N) is 3. The maximum atomic E-state index is 5.92. The average Bonchev–Trinajstić information content (AvgIpc) is 2.80. The lowest BCUT2D eigenvalue weighted by Crippen LogP contribution is -2.08. The summed E-state index contributed by atoms with van der Waals surface area (Å²) in [5, 5.41) is 8.21. The van der Waals surface area contributed by atoms with Crippen LogP contribution in [0, 0.1) is 6.92 Å². The van der Waals surface area contributed by atoms with E-state index in [1.165, 1.54) is 11.1 Å². The van der Waals surface area contributed by atoms with Gasteiger partial charge in [0, 0.05) is 0 Å². The molecule has 0 radical (unpaired) electrons. The molecule has 0 amide bonds. The highest BCUT2D eigenvalue weighted by molar-refractivity contribution is 5.25. The van der Waals surface area contributed by atoms with Gasteiger partial charge in [-0.05, 0) is 24.5 Å². The van der Waals surface area contributed by atoms with E-state index in [9.17, 15) is 0 Å². The van der Waals surface area contributed by atoms with Crippen LogP contribution in [0.5, 0.6) is 0 Å². The molecule has 1 atom stereocenters. The first-order valence-corrected chi connectivity index (χ1v) is 5.90. The van der Waals surface area contributed by atoms with Crippen LogP contribution in [0.1, 0.15) is 36.2 Å².